The molecule has 0 aliphatic carbocycles. The molecule has 1 amide bonds. The highest BCUT2D eigenvalue weighted by molar-refractivity contribution is 5.94. The Hall–Kier alpha value is -1.62. The van der Waals surface area contributed by atoms with Crippen molar-refractivity contribution in [3.8, 4) is 0 Å². The number of amides is 1. The molecule has 3 rings (SSSR count). The first-order valence-corrected chi connectivity index (χ1v) is 6.88. The number of carbonyl (C=O) groups is 1. The Bertz CT molecular complexity index is 538. The van der Waals surface area contributed by atoms with Crippen LogP contribution in [0.5, 0.6) is 0 Å². The van der Waals surface area contributed by atoms with Gasteiger partial charge in [0.25, 0.3) is 11.5 Å². The van der Waals surface area contributed by atoms with Crippen LogP contribution in [-0.4, -0.2) is 41.5 Å². The van der Waals surface area contributed by atoms with E-state index in [1.54, 1.807) is 12.1 Å². The fraction of sp³-hybridized carbons (Fsp3) is 0.571. The number of nitrogens with zero attached hydrogens (tertiary/aromatic N) is 1. The largest absolute Gasteiger partial charge is 0.337 e. The summed E-state index contributed by atoms with van der Waals surface area (Å²) in [6.07, 6.45) is 2.35. The quantitative estimate of drug-likeness (QED) is 0.774. The molecule has 3 heterocycles. The van der Waals surface area contributed by atoms with Crippen LogP contribution in [0.3, 0.4) is 0 Å². The number of pyridine rings is 1. The summed E-state index contributed by atoms with van der Waals surface area (Å²) < 4.78 is 0. The molecular formula is C14H19N3O2. The molecule has 2 unspecified atom stereocenters. The summed E-state index contributed by atoms with van der Waals surface area (Å²) >= 11 is 0. The lowest BCUT2D eigenvalue weighted by atomic mass is 9.94. The second-order valence-electron chi connectivity index (χ2n) is 5.56. The minimum absolute atomic E-state index is 0.141. The molecule has 1 aromatic rings. The second-order valence-corrected chi connectivity index (χ2v) is 5.56. The van der Waals surface area contributed by atoms with Crippen molar-refractivity contribution in [2.75, 3.05) is 19.6 Å². The third kappa shape index (κ3) is 2.30. The van der Waals surface area contributed by atoms with E-state index in [9.17, 15) is 9.59 Å². The van der Waals surface area contributed by atoms with Crippen LogP contribution in [0.15, 0.2) is 16.9 Å². The molecule has 0 saturated carbocycles. The molecule has 5 nitrogen and oxygen atoms in total. The number of piperidine rings is 1. The molecule has 0 spiro atoms. The van der Waals surface area contributed by atoms with E-state index < -0.39 is 0 Å². The van der Waals surface area contributed by atoms with Gasteiger partial charge in [0.05, 0.1) is 0 Å². The molecule has 5 heteroatoms. The van der Waals surface area contributed by atoms with Crippen LogP contribution in [-0.2, 0) is 0 Å². The highest BCUT2D eigenvalue weighted by Crippen LogP contribution is 2.25. The normalized spacial score (nSPS) is 26.3. The summed E-state index contributed by atoms with van der Waals surface area (Å²) in [5, 5.41) is 3.46. The van der Waals surface area contributed by atoms with E-state index in [1.807, 2.05) is 11.8 Å². The Morgan fingerprint density at radius 3 is 2.95 bits per heavy atom. The van der Waals surface area contributed by atoms with Crippen LogP contribution in [0.1, 0.15) is 28.9 Å². The molecule has 2 atom stereocenters. The average molecular weight is 261 g/mol. The Labute approximate surface area is 112 Å². The number of nitrogens with one attached hydrogen (secondary N) is 2. The molecule has 2 saturated heterocycles. The van der Waals surface area contributed by atoms with Gasteiger partial charge in [-0.05, 0) is 44.4 Å². The van der Waals surface area contributed by atoms with Gasteiger partial charge in [-0.3, -0.25) is 9.59 Å². The fourth-order valence-electron chi connectivity index (χ4n) is 3.12. The van der Waals surface area contributed by atoms with Gasteiger partial charge in [0, 0.05) is 24.8 Å². The van der Waals surface area contributed by atoms with E-state index in [4.69, 9.17) is 0 Å². The van der Waals surface area contributed by atoms with Gasteiger partial charge in [0.2, 0.25) is 0 Å². The maximum absolute atomic E-state index is 12.4. The Balaban J connectivity index is 1.79. The van der Waals surface area contributed by atoms with Gasteiger partial charge in [-0.25, -0.2) is 0 Å². The van der Waals surface area contributed by atoms with Crippen molar-refractivity contribution in [3.05, 3.63) is 33.7 Å². The smallest absolute Gasteiger partial charge is 0.260 e. The van der Waals surface area contributed by atoms with Gasteiger partial charge in [-0.15, -0.1) is 0 Å². The van der Waals surface area contributed by atoms with Crippen LogP contribution in [0.25, 0.3) is 0 Å². The lowest BCUT2D eigenvalue weighted by Gasteiger charge is -2.24. The molecule has 0 aromatic carbocycles. The Morgan fingerprint density at radius 1 is 1.37 bits per heavy atom. The fourth-order valence-corrected chi connectivity index (χ4v) is 3.12. The molecule has 1 aromatic heterocycles. The number of aromatic amines is 1. The van der Waals surface area contributed by atoms with Crippen LogP contribution in [0.4, 0.5) is 0 Å². The molecule has 0 bridgehead atoms. The molecule has 2 N–H and O–H groups in total. The van der Waals surface area contributed by atoms with Crippen LogP contribution < -0.4 is 10.9 Å². The van der Waals surface area contributed by atoms with E-state index in [-0.39, 0.29) is 17.0 Å². The van der Waals surface area contributed by atoms with Crippen molar-refractivity contribution >= 4 is 5.91 Å². The topological polar surface area (TPSA) is 65.2 Å². The third-order valence-corrected chi connectivity index (χ3v) is 4.17. The average Bonchev–Trinajstić information content (AvgIpc) is 2.81. The van der Waals surface area contributed by atoms with Crippen LogP contribution in [0, 0.1) is 12.8 Å². The van der Waals surface area contributed by atoms with Gasteiger partial charge in [0.1, 0.15) is 5.56 Å². The summed E-state index contributed by atoms with van der Waals surface area (Å²) in [6.45, 7) is 4.33. The maximum atomic E-state index is 12.4. The number of carbonyl (C=O) groups excluding carboxylic acids is 1. The highest BCUT2D eigenvalue weighted by Gasteiger charge is 2.37. The van der Waals surface area contributed by atoms with Gasteiger partial charge >= 0.3 is 0 Å². The van der Waals surface area contributed by atoms with Gasteiger partial charge in [-0.1, -0.05) is 0 Å². The van der Waals surface area contributed by atoms with Crippen molar-refractivity contribution in [1.29, 1.82) is 0 Å². The molecular weight excluding hydrogens is 242 g/mol. The first-order chi connectivity index (χ1) is 9.15. The number of hydrogen-bond donors (Lipinski definition) is 2. The van der Waals surface area contributed by atoms with Gasteiger partial charge in [0.15, 0.2) is 0 Å². The molecule has 102 valence electrons. The summed E-state index contributed by atoms with van der Waals surface area (Å²) in [4.78, 5) is 28.7. The highest BCUT2D eigenvalue weighted by atomic mass is 16.2. The second kappa shape index (κ2) is 4.81. The van der Waals surface area contributed by atoms with Gasteiger partial charge in [-0.2, -0.15) is 0 Å². The first kappa shape index (κ1) is 12.4. The van der Waals surface area contributed by atoms with Crippen molar-refractivity contribution in [3.63, 3.8) is 0 Å². The number of H-pyrrole nitrogens is 1. The summed E-state index contributed by atoms with van der Waals surface area (Å²) in [6, 6.07) is 3.81. The van der Waals surface area contributed by atoms with E-state index in [0.717, 1.165) is 25.3 Å². The zero-order chi connectivity index (χ0) is 13.4. The maximum Gasteiger partial charge on any atom is 0.260 e. The lowest BCUT2D eigenvalue weighted by Crippen LogP contribution is -2.41. The summed E-state index contributed by atoms with van der Waals surface area (Å²) in [7, 11) is 0. The zero-order valence-electron chi connectivity index (χ0n) is 11.1. The Morgan fingerprint density at radius 2 is 2.21 bits per heavy atom. The number of aryl methyl sites for hydroxylation is 1. The van der Waals surface area contributed by atoms with E-state index in [0.29, 0.717) is 12.0 Å². The van der Waals surface area contributed by atoms with E-state index in [1.165, 1.54) is 12.8 Å². The zero-order valence-corrected chi connectivity index (χ0v) is 11.1. The third-order valence-electron chi connectivity index (χ3n) is 4.17. The van der Waals surface area contributed by atoms with Crippen LogP contribution >= 0.6 is 0 Å². The van der Waals surface area contributed by atoms with Crippen molar-refractivity contribution < 1.29 is 4.79 Å². The number of aromatic nitrogens is 1. The molecule has 19 heavy (non-hydrogen) atoms. The number of fused-ring (bicyclic) bond motifs is 1. The number of rotatable bonds is 1. The van der Waals surface area contributed by atoms with Crippen molar-refractivity contribution in [1.82, 2.24) is 15.2 Å². The lowest BCUT2D eigenvalue weighted by molar-refractivity contribution is 0.0784. The minimum Gasteiger partial charge on any atom is -0.337 e. The van der Waals surface area contributed by atoms with Crippen LogP contribution in [0.2, 0.25) is 0 Å². The standard InChI is InChI=1S/C14H19N3O2/c1-9-4-5-11(13(18)16-9)14(19)17-7-10-3-2-6-15-12(10)8-17/h4-5,10,12,15H,2-3,6-8H2,1H3,(H,16,18). The Kier molecular flexibility index (Phi) is 3.14. The monoisotopic (exact) mass is 261 g/mol. The van der Waals surface area contributed by atoms with E-state index >= 15 is 0 Å². The predicted molar refractivity (Wildman–Crippen MR) is 72.2 cm³/mol. The molecule has 2 aliphatic heterocycles. The molecule has 0 radical (unpaired) electrons. The minimum atomic E-state index is -0.284. The summed E-state index contributed by atoms with van der Waals surface area (Å²) in [5.74, 6) is 0.402. The number of hydrogen-bond acceptors (Lipinski definition) is 3. The molecule has 2 fully saturated rings. The SMILES string of the molecule is Cc1ccc(C(=O)N2CC3CCCNC3C2)c(=O)[nH]1. The van der Waals surface area contributed by atoms with Crippen molar-refractivity contribution in [2.45, 2.75) is 25.8 Å². The first-order valence-electron chi connectivity index (χ1n) is 6.88. The molecule has 2 aliphatic rings. The predicted octanol–water partition coefficient (Wildman–Crippen LogP) is 0.507. The van der Waals surface area contributed by atoms with Gasteiger partial charge < -0.3 is 15.2 Å². The number of likely N-dealkylation sites (tertiary alicyclic amines) is 1. The van der Waals surface area contributed by atoms with Crippen molar-refractivity contribution in [2.24, 2.45) is 5.92 Å². The van der Waals surface area contributed by atoms with E-state index in [2.05, 4.69) is 10.3 Å². The summed E-state index contributed by atoms with van der Waals surface area (Å²) in [5.41, 5.74) is 0.746.